The van der Waals surface area contributed by atoms with Gasteiger partial charge in [0.05, 0.1) is 29.4 Å². The molecule has 4 N–H and O–H groups in total. The number of benzene rings is 8. The highest BCUT2D eigenvalue weighted by Gasteiger charge is 2.30. The SMILES string of the molecule is C#CCOC(=O)C(C)C(C)C(=O)O.CCCCCCCCC(CCCCCCCC)n1c2cc(C)ccc2c2ccc(-c3ccc4c5ccc(C)cc5n(CCCCCCCCN5C=C(COC(=O)C(C)C(C)C(=O)O)NN5)c4c3)cc21.CCCCCCCCC(CCCCCCCC)n1c2cc(C)ccc2c2ccc(-c3ccc4c5ccc(C)cc5n(CCCCCCCCN=[N+]=[N-])c4c3)cc21. The molecule has 12 aromatic rings. The molecule has 4 aromatic heterocycles. The summed E-state index contributed by atoms with van der Waals surface area (Å²) < 4.78 is 20.7. The van der Waals surface area contributed by atoms with E-state index in [1.54, 1.807) is 6.92 Å². The number of nitrogens with zero attached hydrogens (tertiary/aromatic N) is 8. The summed E-state index contributed by atoms with van der Waals surface area (Å²) in [5.74, 6) is -3.91. The number of aryl methyl sites for hydroxylation is 6. The molecule has 4 atom stereocenters. The van der Waals surface area contributed by atoms with Crippen LogP contribution in [0.2, 0.25) is 0 Å². The summed E-state index contributed by atoms with van der Waals surface area (Å²) in [4.78, 5) is 48.0. The van der Waals surface area contributed by atoms with Gasteiger partial charge in [0.1, 0.15) is 6.61 Å². The molecule has 0 bridgehead atoms. The topological polar surface area (TPSA) is 223 Å². The Morgan fingerprint density at radius 2 is 0.652 bits per heavy atom. The van der Waals surface area contributed by atoms with E-state index in [2.05, 4.69) is 251 Å². The van der Waals surface area contributed by atoms with Gasteiger partial charge < -0.3 is 43.4 Å². The summed E-state index contributed by atoms with van der Waals surface area (Å²) in [5.41, 5.74) is 36.9. The number of carboxylic acids is 2. The van der Waals surface area contributed by atoms with Crippen LogP contribution in [0.15, 0.2) is 163 Å². The van der Waals surface area contributed by atoms with Gasteiger partial charge >= 0.3 is 23.9 Å². The number of azide groups is 1. The fourth-order valence-electron chi connectivity index (χ4n) is 20.6. The number of unbranched alkanes of at least 4 members (excludes halogenated alkanes) is 30. The van der Waals surface area contributed by atoms with Gasteiger partial charge in [0.25, 0.3) is 0 Å². The van der Waals surface area contributed by atoms with Crippen molar-refractivity contribution in [3.05, 3.63) is 190 Å². The minimum atomic E-state index is -1.02. The highest BCUT2D eigenvalue weighted by molar-refractivity contribution is 6.13. The Kier molecular flexibility index (Phi) is 43.8. The lowest BCUT2D eigenvalue weighted by Gasteiger charge is -2.22. The third-order valence-electron chi connectivity index (χ3n) is 29.3. The number of aliphatic carboxylic acids is 2. The van der Waals surface area contributed by atoms with Crippen molar-refractivity contribution in [3.63, 3.8) is 0 Å². The minimum absolute atomic E-state index is 0.0762. The van der Waals surface area contributed by atoms with Crippen LogP contribution in [0.5, 0.6) is 0 Å². The first-order valence-corrected chi connectivity index (χ1v) is 53.5. The van der Waals surface area contributed by atoms with Crippen LogP contribution in [0.4, 0.5) is 0 Å². The van der Waals surface area contributed by atoms with E-state index >= 15 is 0 Å². The molecule has 0 amide bonds. The Balaban J connectivity index is 0.000000238. The Hall–Kier alpha value is -11.0. The number of aromatic nitrogens is 4. The number of rotatable bonds is 59. The zero-order valence-electron chi connectivity index (χ0n) is 85.9. The van der Waals surface area contributed by atoms with E-state index in [1.165, 1.54) is 371 Å². The number of carbonyl (C=O) groups excluding carboxylic acids is 2. The monoisotopic (exact) mass is 1870 g/mol. The molecular weight excluding hydrogens is 1710 g/mol. The molecule has 138 heavy (non-hydrogen) atoms. The number of hydrogen-bond acceptors (Lipinski definition) is 10. The van der Waals surface area contributed by atoms with E-state index in [-0.39, 0.29) is 13.2 Å². The largest absolute Gasteiger partial charge is 0.481 e. The molecule has 1 aliphatic rings. The van der Waals surface area contributed by atoms with Crippen LogP contribution >= 0.6 is 0 Å². The number of hydrazine groups is 2. The summed E-state index contributed by atoms with van der Waals surface area (Å²) in [6, 6.07) is 58.3. The van der Waals surface area contributed by atoms with Crippen molar-refractivity contribution in [2.45, 2.75) is 365 Å². The summed E-state index contributed by atoms with van der Waals surface area (Å²) in [7, 11) is 0. The number of esters is 2. The maximum atomic E-state index is 12.3. The van der Waals surface area contributed by atoms with Crippen molar-refractivity contribution in [1.29, 1.82) is 0 Å². The molecule has 18 nitrogen and oxygen atoms in total. The van der Waals surface area contributed by atoms with Crippen LogP contribution < -0.4 is 11.0 Å². The second-order valence-corrected chi connectivity index (χ2v) is 40.1. The van der Waals surface area contributed by atoms with Crippen LogP contribution in [0, 0.1) is 63.7 Å². The third-order valence-corrected chi connectivity index (χ3v) is 29.3. The number of hydrogen-bond donors (Lipinski definition) is 4. The van der Waals surface area contributed by atoms with Gasteiger partial charge in [-0.15, -0.1) is 12.0 Å². The zero-order valence-corrected chi connectivity index (χ0v) is 85.9. The van der Waals surface area contributed by atoms with Crippen molar-refractivity contribution >= 4 is 111 Å². The zero-order chi connectivity index (χ0) is 98.2. The van der Waals surface area contributed by atoms with Crippen molar-refractivity contribution in [2.75, 3.05) is 26.3 Å². The van der Waals surface area contributed by atoms with E-state index in [0.29, 0.717) is 18.6 Å². The molecule has 0 spiro atoms. The van der Waals surface area contributed by atoms with Crippen molar-refractivity contribution in [1.82, 2.24) is 34.2 Å². The summed E-state index contributed by atoms with van der Waals surface area (Å²) >= 11 is 0. The predicted octanol–water partition coefficient (Wildman–Crippen LogP) is 33.0. The summed E-state index contributed by atoms with van der Waals surface area (Å²) in [6.45, 7) is 27.7. The summed E-state index contributed by atoms with van der Waals surface area (Å²) in [6.07, 6.45) is 57.8. The molecule has 0 radical (unpaired) electrons. The highest BCUT2D eigenvalue weighted by atomic mass is 16.5. The van der Waals surface area contributed by atoms with E-state index in [1.807, 2.05) is 11.2 Å². The first-order valence-electron chi connectivity index (χ1n) is 53.5. The Morgan fingerprint density at radius 3 is 0.993 bits per heavy atom. The second-order valence-electron chi connectivity index (χ2n) is 40.1. The van der Waals surface area contributed by atoms with E-state index in [9.17, 15) is 24.3 Å². The fourth-order valence-corrected chi connectivity index (χ4v) is 20.6. The maximum Gasteiger partial charge on any atom is 0.310 e. The van der Waals surface area contributed by atoms with Crippen LogP contribution in [0.3, 0.4) is 0 Å². The lowest BCUT2D eigenvalue weighted by molar-refractivity contribution is -0.155. The molecule has 0 saturated heterocycles. The van der Waals surface area contributed by atoms with Crippen LogP contribution in [-0.2, 0) is 41.7 Å². The fraction of sp³-hybridized carbons (Fsp3) is 0.533. The highest BCUT2D eigenvalue weighted by Crippen LogP contribution is 2.44. The predicted molar refractivity (Wildman–Crippen MR) is 578 cm³/mol. The van der Waals surface area contributed by atoms with Crippen LogP contribution in [-0.4, -0.2) is 83.7 Å². The van der Waals surface area contributed by atoms with Crippen molar-refractivity contribution in [3.8, 4) is 34.6 Å². The molecule has 0 aliphatic carbocycles. The molecule has 8 aromatic carbocycles. The third kappa shape index (κ3) is 30.0. The molecule has 18 heteroatoms. The number of ether oxygens (including phenoxy) is 2. The lowest BCUT2D eigenvalue weighted by Crippen LogP contribution is -2.37. The van der Waals surface area contributed by atoms with Gasteiger partial charge in [-0.3, -0.25) is 24.2 Å². The number of carbonyl (C=O) groups is 4. The number of nitrogens with one attached hydrogen (secondary N) is 2. The van der Waals surface area contributed by atoms with Crippen molar-refractivity contribution in [2.24, 2.45) is 28.8 Å². The van der Waals surface area contributed by atoms with Crippen LogP contribution in [0.1, 0.15) is 347 Å². The van der Waals surface area contributed by atoms with E-state index in [4.69, 9.17) is 21.8 Å². The number of carboxylic acid groups (broad SMARTS) is 2. The summed E-state index contributed by atoms with van der Waals surface area (Å²) in [5, 5.41) is 34.4. The van der Waals surface area contributed by atoms with Gasteiger partial charge in [-0.25, -0.2) is 0 Å². The first-order chi connectivity index (χ1) is 67.1. The number of terminal acetylenes is 1. The maximum absolute atomic E-state index is 12.3. The van der Waals surface area contributed by atoms with Crippen LogP contribution in [0.25, 0.3) is 120 Å². The van der Waals surface area contributed by atoms with Gasteiger partial charge in [-0.1, -0.05) is 369 Å². The molecule has 13 rings (SSSR count). The average molecular weight is 1870 g/mol. The van der Waals surface area contributed by atoms with E-state index < -0.39 is 47.5 Å². The quantitative estimate of drug-likeness (QED) is 0.00701. The minimum Gasteiger partial charge on any atom is -0.481 e. The molecule has 0 saturated carbocycles. The van der Waals surface area contributed by atoms with Gasteiger partial charge in [-0.05, 0) is 178 Å². The average Bonchev–Trinajstić information content (AvgIpc) is 1.59. The lowest BCUT2D eigenvalue weighted by atomic mass is 9.96. The Bertz CT molecular complexity index is 6010. The smallest absolute Gasteiger partial charge is 0.310 e. The van der Waals surface area contributed by atoms with Gasteiger partial charge in [0.15, 0.2) is 6.61 Å². The molecular formula is C120H164N10O8. The second kappa shape index (κ2) is 56.3. The van der Waals surface area contributed by atoms with E-state index in [0.717, 1.165) is 63.9 Å². The first kappa shape index (κ1) is 107. The molecule has 4 unspecified atom stereocenters. The normalized spacial score (nSPS) is 13.1. The Morgan fingerprint density at radius 1 is 0.370 bits per heavy atom. The molecule has 0 fully saturated rings. The number of fused-ring (bicyclic) bond motifs is 12. The molecule has 1 aliphatic heterocycles. The van der Waals surface area contributed by atoms with Gasteiger partial charge in [0, 0.05) is 137 Å². The molecule has 742 valence electrons. The van der Waals surface area contributed by atoms with Gasteiger partial charge in [-0.2, -0.15) is 0 Å². The van der Waals surface area contributed by atoms with Crippen molar-refractivity contribution < 1.29 is 38.9 Å². The Labute approximate surface area is 824 Å². The standard InChI is InChI=1S/C60H83N5O4.C51H69N5.C9H12O4/c1-7-9-11-13-17-21-25-50(26-22-18-14-12-10-8-2)65-57-38-44(4)28-32-53(57)54-34-30-48(40-58(54)65)47-29-33-52-51-31-27-43(3)37-55(51)64(56(52)39-47)36-24-20-16-15-19-23-35-63-41-49(61-62-63)42-69-60(68)46(6)45(5)59(66)67;1-5-7-9-11-15-19-23-43(24-20-16-12-10-8-6-2)56-50-36-40(4)26-30-46(50)47-32-28-42(38-51(47)56)41-27-31-45-44-29-25-39(3)35-48(44)55(49(45)37-41)34-22-18-14-13-17-21-33-53-54-52;1-4-5-13-9(12)7(3)6(2)8(10)11/h27-34,37-41,45-46,50,61-62H,7-26,35-36,42H2,1-6H3,(H,66,67);25-32,35-38,43H,5-24,33-34H2,1-4H3;1,6-7H,5H2,2-3H3,(H,10,11). The molecule has 5 heterocycles. The van der Waals surface area contributed by atoms with Gasteiger partial charge in [0.2, 0.25) is 0 Å².